The molecule has 0 radical (unpaired) electrons. The molecule has 3 aromatic rings. The minimum Gasteiger partial charge on any atom is -0.496 e. The maximum atomic E-state index is 15.0. The van der Waals surface area contributed by atoms with Crippen LogP contribution >= 0.6 is 11.6 Å². The van der Waals surface area contributed by atoms with Crippen molar-refractivity contribution in [3.63, 3.8) is 0 Å². The van der Waals surface area contributed by atoms with Crippen molar-refractivity contribution in [2.45, 2.75) is 12.5 Å². The Morgan fingerprint density at radius 1 is 1.27 bits per heavy atom. The van der Waals surface area contributed by atoms with Gasteiger partial charge in [-0.05, 0) is 30.7 Å². The third-order valence-electron chi connectivity index (χ3n) is 5.25. The monoisotopic (exact) mass is 474 g/mol. The van der Waals surface area contributed by atoms with Crippen LogP contribution in [0.25, 0.3) is 10.9 Å². The fourth-order valence-corrected chi connectivity index (χ4v) is 3.75. The maximum absolute atomic E-state index is 15.0. The van der Waals surface area contributed by atoms with Gasteiger partial charge in [-0.1, -0.05) is 11.6 Å². The number of benzene rings is 2. The number of methoxy groups -OCH3 is 1. The average molecular weight is 475 g/mol. The number of likely N-dealkylation sites (tertiary alicyclic amines) is 1. The van der Waals surface area contributed by atoms with Gasteiger partial charge in [-0.3, -0.25) is 9.78 Å². The Bertz CT molecular complexity index is 1260. The van der Waals surface area contributed by atoms with Crippen LogP contribution in [0.2, 0.25) is 5.02 Å². The molecule has 2 heterocycles. The predicted molar refractivity (Wildman–Crippen MR) is 120 cm³/mol. The summed E-state index contributed by atoms with van der Waals surface area (Å²) in [6.07, 6.45) is 1.36. The van der Waals surface area contributed by atoms with Gasteiger partial charge in [0, 0.05) is 30.7 Å². The minimum absolute atomic E-state index is 0.0632. The Morgan fingerprint density at radius 3 is 2.73 bits per heavy atom. The number of fused-ring (bicyclic) bond motifs is 1. The second-order valence-electron chi connectivity index (χ2n) is 7.40. The average Bonchev–Trinajstić information content (AvgIpc) is 3.24. The number of pyridine rings is 1. The zero-order valence-corrected chi connectivity index (χ0v) is 18.2. The lowest BCUT2D eigenvalue weighted by Crippen LogP contribution is -2.33. The van der Waals surface area contributed by atoms with E-state index in [1.54, 1.807) is 0 Å². The van der Waals surface area contributed by atoms with Crippen molar-refractivity contribution in [3.8, 4) is 17.2 Å². The number of nitrogens with two attached hydrogens (primary N) is 1. The number of carbonyl (C=O) groups is 2. The summed E-state index contributed by atoms with van der Waals surface area (Å²) in [5, 5.41) is 12.2. The van der Waals surface area contributed by atoms with Crippen LogP contribution in [0.3, 0.4) is 0 Å². The number of nitrogens with one attached hydrogen (secondary N) is 1. The number of ether oxygens (including phenoxy) is 2. The Labute approximate surface area is 192 Å². The predicted octanol–water partition coefficient (Wildman–Crippen LogP) is 3.53. The lowest BCUT2D eigenvalue weighted by molar-refractivity contribution is 0.0997. The smallest absolute Gasteiger partial charge is 0.321 e. The number of aliphatic hydroxyl groups excluding tert-OH is 1. The van der Waals surface area contributed by atoms with Gasteiger partial charge in [0.25, 0.3) is 5.91 Å². The van der Waals surface area contributed by atoms with E-state index in [1.165, 1.54) is 48.5 Å². The standard InChI is InChI=1S/C22H20ClFN4O5/c1-32-18-9-15-12(8-13(18)21(25)30)16(4-6-26-15)33-17-3-2-14(19(23)20(17)24)27-22(31)28-7-5-11(29)10-28/h2-4,6,8-9,11,29H,5,7,10H2,1H3,(H2,25,30)(H,27,31)/t11-/m1/s1. The van der Waals surface area contributed by atoms with Gasteiger partial charge in [0.1, 0.15) is 16.5 Å². The summed E-state index contributed by atoms with van der Waals surface area (Å²) >= 11 is 6.14. The van der Waals surface area contributed by atoms with Crippen LogP contribution in [0.4, 0.5) is 14.9 Å². The van der Waals surface area contributed by atoms with Gasteiger partial charge in [-0.2, -0.15) is 0 Å². The number of primary amides is 1. The molecule has 0 spiro atoms. The van der Waals surface area contributed by atoms with Gasteiger partial charge in [-0.25, -0.2) is 9.18 Å². The molecule has 0 aliphatic carbocycles. The highest BCUT2D eigenvalue weighted by atomic mass is 35.5. The molecule has 0 bridgehead atoms. The Kier molecular flexibility index (Phi) is 6.21. The van der Waals surface area contributed by atoms with Crippen LogP contribution < -0.4 is 20.5 Å². The second kappa shape index (κ2) is 9.08. The number of nitrogens with zero attached hydrogens (tertiary/aromatic N) is 2. The normalized spacial score (nSPS) is 15.5. The molecule has 2 aromatic carbocycles. The summed E-state index contributed by atoms with van der Waals surface area (Å²) < 4.78 is 25.9. The quantitative estimate of drug-likeness (QED) is 0.519. The first-order valence-corrected chi connectivity index (χ1v) is 10.3. The number of hydrogen-bond donors (Lipinski definition) is 3. The summed E-state index contributed by atoms with van der Waals surface area (Å²) in [6.45, 7) is 0.585. The summed E-state index contributed by atoms with van der Waals surface area (Å²) in [5.41, 5.74) is 6.05. The summed E-state index contributed by atoms with van der Waals surface area (Å²) in [7, 11) is 1.40. The van der Waals surface area contributed by atoms with E-state index in [0.717, 1.165) is 0 Å². The summed E-state index contributed by atoms with van der Waals surface area (Å²) in [4.78, 5) is 29.7. The van der Waals surface area contributed by atoms with E-state index in [4.69, 9.17) is 26.8 Å². The SMILES string of the molecule is COc1cc2nccc(Oc3ccc(NC(=O)N4CC[C@@H](O)C4)c(Cl)c3F)c2cc1C(N)=O. The number of halogens is 2. The van der Waals surface area contributed by atoms with Crippen molar-refractivity contribution >= 4 is 40.1 Å². The second-order valence-corrected chi connectivity index (χ2v) is 7.78. The van der Waals surface area contributed by atoms with E-state index in [0.29, 0.717) is 23.9 Å². The number of aliphatic hydroxyl groups is 1. The number of rotatable bonds is 5. The van der Waals surface area contributed by atoms with Gasteiger partial charge >= 0.3 is 6.03 Å². The first-order valence-electron chi connectivity index (χ1n) is 9.95. The fraction of sp³-hybridized carbons (Fsp3) is 0.227. The maximum Gasteiger partial charge on any atom is 0.321 e. The molecule has 9 nitrogen and oxygen atoms in total. The highest BCUT2D eigenvalue weighted by Gasteiger charge is 2.26. The van der Waals surface area contributed by atoms with E-state index in [2.05, 4.69) is 10.3 Å². The molecular formula is C22H20ClFN4O5. The summed E-state index contributed by atoms with van der Waals surface area (Å²) in [6, 6.07) is 6.72. The molecule has 172 valence electrons. The molecule has 1 aromatic heterocycles. The zero-order chi connectivity index (χ0) is 23.7. The molecule has 1 saturated heterocycles. The molecule has 1 atom stereocenters. The topological polar surface area (TPSA) is 127 Å². The molecule has 33 heavy (non-hydrogen) atoms. The molecule has 1 aliphatic rings. The first kappa shape index (κ1) is 22.6. The molecule has 11 heteroatoms. The van der Waals surface area contributed by atoms with Crippen molar-refractivity contribution in [1.82, 2.24) is 9.88 Å². The lowest BCUT2D eigenvalue weighted by atomic mass is 10.1. The van der Waals surface area contributed by atoms with Crippen molar-refractivity contribution in [2.75, 3.05) is 25.5 Å². The number of carbonyl (C=O) groups excluding carboxylic acids is 2. The molecular weight excluding hydrogens is 455 g/mol. The van der Waals surface area contributed by atoms with E-state index < -0.39 is 23.9 Å². The van der Waals surface area contributed by atoms with Crippen LogP contribution in [0.5, 0.6) is 17.2 Å². The van der Waals surface area contributed by atoms with Gasteiger partial charge in [-0.15, -0.1) is 0 Å². The third kappa shape index (κ3) is 4.48. The number of amides is 3. The van der Waals surface area contributed by atoms with Crippen molar-refractivity contribution in [2.24, 2.45) is 5.73 Å². The Balaban J connectivity index is 1.63. The van der Waals surface area contributed by atoms with E-state index >= 15 is 0 Å². The van der Waals surface area contributed by atoms with E-state index in [1.807, 2.05) is 0 Å². The van der Waals surface area contributed by atoms with Crippen LogP contribution in [-0.2, 0) is 0 Å². The van der Waals surface area contributed by atoms with Gasteiger partial charge in [0.05, 0.1) is 30.0 Å². The third-order valence-corrected chi connectivity index (χ3v) is 5.62. The van der Waals surface area contributed by atoms with E-state index in [-0.39, 0.29) is 40.1 Å². The molecule has 3 amide bonds. The molecule has 1 fully saturated rings. The molecule has 0 saturated carbocycles. The molecule has 4 rings (SSSR count). The van der Waals surface area contributed by atoms with Gasteiger partial charge in [0.15, 0.2) is 11.6 Å². The Morgan fingerprint density at radius 2 is 2.06 bits per heavy atom. The number of aromatic nitrogens is 1. The molecule has 4 N–H and O–H groups in total. The Hall–Kier alpha value is -3.63. The van der Waals surface area contributed by atoms with Gasteiger partial charge < -0.3 is 30.5 Å². The van der Waals surface area contributed by atoms with Crippen molar-refractivity contribution in [1.29, 1.82) is 0 Å². The molecule has 1 aliphatic heterocycles. The van der Waals surface area contributed by atoms with Gasteiger partial charge in [0.2, 0.25) is 0 Å². The fourth-order valence-electron chi connectivity index (χ4n) is 3.54. The van der Waals surface area contributed by atoms with Crippen molar-refractivity contribution < 1.29 is 28.6 Å². The van der Waals surface area contributed by atoms with Crippen LogP contribution in [-0.4, -0.2) is 53.2 Å². The number of urea groups is 1. The van der Waals surface area contributed by atoms with E-state index in [9.17, 15) is 19.1 Å². The van der Waals surface area contributed by atoms with Crippen molar-refractivity contribution in [3.05, 3.63) is 52.9 Å². The summed E-state index contributed by atoms with van der Waals surface area (Å²) in [5.74, 6) is -1.33. The molecule has 0 unspecified atom stereocenters. The highest BCUT2D eigenvalue weighted by Crippen LogP contribution is 2.37. The van der Waals surface area contributed by atoms with Crippen LogP contribution in [0, 0.1) is 5.82 Å². The lowest BCUT2D eigenvalue weighted by Gasteiger charge is -2.18. The number of anilines is 1. The minimum atomic E-state index is -0.885. The van der Waals surface area contributed by atoms with Crippen LogP contribution in [0.15, 0.2) is 36.5 Å². The highest BCUT2D eigenvalue weighted by molar-refractivity contribution is 6.34. The zero-order valence-electron chi connectivity index (χ0n) is 17.5. The van der Waals surface area contributed by atoms with Crippen LogP contribution in [0.1, 0.15) is 16.8 Å². The first-order chi connectivity index (χ1) is 15.8. The number of β-amino-alcohol motifs (C(OH)–C–C–N with tert-alkyl or cyclic N) is 1. The largest absolute Gasteiger partial charge is 0.496 e. The number of hydrogen-bond acceptors (Lipinski definition) is 6.